The Morgan fingerprint density at radius 3 is 3.09 bits per heavy atom. The molecule has 1 saturated heterocycles. The van der Waals surface area contributed by atoms with Gasteiger partial charge < -0.3 is 20.1 Å². The number of nitrogens with one attached hydrogen (secondary N) is 2. The van der Waals surface area contributed by atoms with Crippen LogP contribution in [0.5, 0.6) is 0 Å². The highest BCUT2D eigenvalue weighted by Gasteiger charge is 2.14. The predicted molar refractivity (Wildman–Crippen MR) is 89.0 cm³/mol. The fraction of sp³-hybridized carbons (Fsp3) is 0.588. The third-order valence-electron chi connectivity index (χ3n) is 3.66. The standard InChI is InChI=1S/C17H26FN3O2/c1-19-17(21-12-14-5-2-6-15(18)11-14)20-8-4-9-22-13-16-7-3-10-23-16/h2,5-6,11,16H,3-4,7-10,12-13H2,1H3,(H2,19,20,21). The van der Waals surface area contributed by atoms with Crippen molar-refractivity contribution in [1.82, 2.24) is 10.6 Å². The molecule has 1 aliphatic heterocycles. The fourth-order valence-corrected chi connectivity index (χ4v) is 2.42. The molecular formula is C17H26FN3O2. The van der Waals surface area contributed by atoms with Gasteiger partial charge in [-0.2, -0.15) is 0 Å². The molecule has 0 aliphatic carbocycles. The van der Waals surface area contributed by atoms with Crippen molar-refractivity contribution in [1.29, 1.82) is 0 Å². The summed E-state index contributed by atoms with van der Waals surface area (Å²) < 4.78 is 24.2. The summed E-state index contributed by atoms with van der Waals surface area (Å²) in [4.78, 5) is 4.15. The van der Waals surface area contributed by atoms with Crippen LogP contribution < -0.4 is 10.6 Å². The highest BCUT2D eigenvalue weighted by Crippen LogP contribution is 2.11. The average Bonchev–Trinajstić information content (AvgIpc) is 3.07. The molecule has 2 rings (SSSR count). The van der Waals surface area contributed by atoms with E-state index in [1.165, 1.54) is 12.1 Å². The molecule has 6 heteroatoms. The van der Waals surface area contributed by atoms with E-state index in [2.05, 4.69) is 15.6 Å². The fourth-order valence-electron chi connectivity index (χ4n) is 2.42. The van der Waals surface area contributed by atoms with E-state index in [0.29, 0.717) is 25.7 Å². The molecular weight excluding hydrogens is 297 g/mol. The second-order valence-electron chi connectivity index (χ2n) is 5.55. The zero-order chi connectivity index (χ0) is 16.3. The van der Waals surface area contributed by atoms with Gasteiger partial charge in [0.1, 0.15) is 5.82 Å². The van der Waals surface area contributed by atoms with Crippen LogP contribution in [0.1, 0.15) is 24.8 Å². The minimum Gasteiger partial charge on any atom is -0.379 e. The summed E-state index contributed by atoms with van der Waals surface area (Å²) >= 11 is 0. The minimum absolute atomic E-state index is 0.226. The molecule has 0 amide bonds. The molecule has 0 saturated carbocycles. The molecule has 1 heterocycles. The number of guanidine groups is 1. The molecule has 2 N–H and O–H groups in total. The Labute approximate surface area is 137 Å². The van der Waals surface area contributed by atoms with Crippen LogP contribution >= 0.6 is 0 Å². The Morgan fingerprint density at radius 1 is 1.43 bits per heavy atom. The highest BCUT2D eigenvalue weighted by molar-refractivity contribution is 5.79. The maximum Gasteiger partial charge on any atom is 0.191 e. The summed E-state index contributed by atoms with van der Waals surface area (Å²) in [6, 6.07) is 6.53. The second-order valence-corrected chi connectivity index (χ2v) is 5.55. The first-order valence-corrected chi connectivity index (χ1v) is 8.16. The maximum absolute atomic E-state index is 13.1. The highest BCUT2D eigenvalue weighted by atomic mass is 19.1. The molecule has 23 heavy (non-hydrogen) atoms. The Morgan fingerprint density at radius 2 is 2.35 bits per heavy atom. The van der Waals surface area contributed by atoms with Gasteiger partial charge in [-0.05, 0) is 37.0 Å². The van der Waals surface area contributed by atoms with Crippen LogP contribution in [0.2, 0.25) is 0 Å². The first-order valence-electron chi connectivity index (χ1n) is 8.16. The van der Waals surface area contributed by atoms with Crippen molar-refractivity contribution in [2.24, 2.45) is 4.99 Å². The zero-order valence-corrected chi connectivity index (χ0v) is 13.7. The summed E-state index contributed by atoms with van der Waals surface area (Å²) in [5, 5.41) is 6.38. The minimum atomic E-state index is -0.226. The smallest absolute Gasteiger partial charge is 0.191 e. The Kier molecular flexibility index (Phi) is 7.83. The number of hydrogen-bond acceptors (Lipinski definition) is 3. The van der Waals surface area contributed by atoms with E-state index in [4.69, 9.17) is 9.47 Å². The molecule has 1 aliphatic rings. The first kappa shape index (κ1) is 17.7. The summed E-state index contributed by atoms with van der Waals surface area (Å²) in [6.07, 6.45) is 3.43. The van der Waals surface area contributed by atoms with Gasteiger partial charge >= 0.3 is 0 Å². The van der Waals surface area contributed by atoms with Crippen LogP contribution in [0.3, 0.4) is 0 Å². The zero-order valence-electron chi connectivity index (χ0n) is 13.7. The normalized spacial score (nSPS) is 18.2. The van der Waals surface area contributed by atoms with Crippen LogP contribution in [0, 0.1) is 5.82 Å². The van der Waals surface area contributed by atoms with Crippen molar-refractivity contribution in [2.75, 3.05) is 33.4 Å². The van der Waals surface area contributed by atoms with E-state index in [-0.39, 0.29) is 11.9 Å². The molecule has 1 atom stereocenters. The van der Waals surface area contributed by atoms with Gasteiger partial charge in [-0.25, -0.2) is 4.39 Å². The quantitative estimate of drug-likeness (QED) is 0.437. The van der Waals surface area contributed by atoms with Crippen molar-refractivity contribution >= 4 is 5.96 Å². The summed E-state index contributed by atoms with van der Waals surface area (Å²) in [6.45, 7) is 3.56. The molecule has 1 aromatic rings. The van der Waals surface area contributed by atoms with Crippen molar-refractivity contribution < 1.29 is 13.9 Å². The summed E-state index contributed by atoms with van der Waals surface area (Å²) in [5.41, 5.74) is 0.882. The summed E-state index contributed by atoms with van der Waals surface area (Å²) in [5.74, 6) is 0.476. The first-order chi connectivity index (χ1) is 11.3. The lowest BCUT2D eigenvalue weighted by Crippen LogP contribution is -2.37. The van der Waals surface area contributed by atoms with Gasteiger partial charge in [0.25, 0.3) is 0 Å². The SMILES string of the molecule is CN=C(NCCCOCC1CCCO1)NCc1cccc(F)c1. The number of aliphatic imine (C=N–C) groups is 1. The van der Waals surface area contributed by atoms with Gasteiger partial charge in [0, 0.05) is 33.4 Å². The number of rotatable bonds is 8. The molecule has 0 radical (unpaired) electrons. The van der Waals surface area contributed by atoms with Crippen molar-refractivity contribution in [3.8, 4) is 0 Å². The van der Waals surface area contributed by atoms with E-state index in [0.717, 1.165) is 38.0 Å². The number of halogens is 1. The molecule has 0 spiro atoms. The molecule has 128 valence electrons. The van der Waals surface area contributed by atoms with Gasteiger partial charge in [-0.15, -0.1) is 0 Å². The monoisotopic (exact) mass is 323 g/mol. The van der Waals surface area contributed by atoms with Gasteiger partial charge in [-0.3, -0.25) is 4.99 Å². The lowest BCUT2D eigenvalue weighted by Gasteiger charge is -2.13. The van der Waals surface area contributed by atoms with Crippen LogP contribution in [0.15, 0.2) is 29.3 Å². The van der Waals surface area contributed by atoms with Crippen LogP contribution in [-0.2, 0) is 16.0 Å². The van der Waals surface area contributed by atoms with Gasteiger partial charge in [0.15, 0.2) is 5.96 Å². The van der Waals surface area contributed by atoms with Crippen LogP contribution in [0.4, 0.5) is 4.39 Å². The van der Waals surface area contributed by atoms with Crippen LogP contribution in [-0.4, -0.2) is 45.5 Å². The third kappa shape index (κ3) is 6.97. The van der Waals surface area contributed by atoms with E-state index in [1.54, 1.807) is 13.1 Å². The van der Waals surface area contributed by atoms with E-state index < -0.39 is 0 Å². The molecule has 1 fully saturated rings. The lowest BCUT2D eigenvalue weighted by molar-refractivity contribution is 0.0168. The molecule has 1 aromatic carbocycles. The Hall–Kier alpha value is -1.66. The number of hydrogen-bond donors (Lipinski definition) is 2. The molecule has 5 nitrogen and oxygen atoms in total. The number of nitrogens with zero attached hydrogens (tertiary/aromatic N) is 1. The number of ether oxygens (including phenoxy) is 2. The van der Waals surface area contributed by atoms with Gasteiger partial charge in [0.05, 0.1) is 12.7 Å². The Balaban J connectivity index is 1.54. The predicted octanol–water partition coefficient (Wildman–Crippen LogP) is 2.08. The van der Waals surface area contributed by atoms with Crippen molar-refractivity contribution in [3.63, 3.8) is 0 Å². The largest absolute Gasteiger partial charge is 0.379 e. The van der Waals surface area contributed by atoms with E-state index >= 15 is 0 Å². The topological polar surface area (TPSA) is 54.9 Å². The van der Waals surface area contributed by atoms with Crippen molar-refractivity contribution in [3.05, 3.63) is 35.6 Å². The molecule has 0 bridgehead atoms. The lowest BCUT2D eigenvalue weighted by atomic mass is 10.2. The maximum atomic E-state index is 13.1. The third-order valence-corrected chi connectivity index (χ3v) is 3.66. The Bertz CT molecular complexity index is 490. The van der Waals surface area contributed by atoms with Gasteiger partial charge in [-0.1, -0.05) is 12.1 Å². The molecule has 0 aromatic heterocycles. The van der Waals surface area contributed by atoms with Crippen molar-refractivity contribution in [2.45, 2.75) is 31.9 Å². The number of benzene rings is 1. The van der Waals surface area contributed by atoms with E-state index in [9.17, 15) is 4.39 Å². The van der Waals surface area contributed by atoms with Crippen LogP contribution in [0.25, 0.3) is 0 Å². The average molecular weight is 323 g/mol. The molecule has 1 unspecified atom stereocenters. The second kappa shape index (κ2) is 10.2. The summed E-state index contributed by atoms with van der Waals surface area (Å²) in [7, 11) is 1.72. The van der Waals surface area contributed by atoms with E-state index in [1.807, 2.05) is 6.07 Å². The van der Waals surface area contributed by atoms with Gasteiger partial charge in [0.2, 0.25) is 0 Å².